The summed E-state index contributed by atoms with van der Waals surface area (Å²) in [6.07, 6.45) is 3.95. The van der Waals surface area contributed by atoms with Gasteiger partial charge >= 0.3 is 5.97 Å². The number of esters is 1. The summed E-state index contributed by atoms with van der Waals surface area (Å²) < 4.78 is 5.22. The van der Waals surface area contributed by atoms with Crippen LogP contribution in [0.3, 0.4) is 0 Å². The topological polar surface area (TPSA) is 108 Å². The number of carbonyl (C=O) groups excluding carboxylic acids is 1. The van der Waals surface area contributed by atoms with E-state index in [9.17, 15) is 14.7 Å². The second-order valence-corrected chi connectivity index (χ2v) is 7.67. The van der Waals surface area contributed by atoms with Gasteiger partial charge in [-0.2, -0.15) is 0 Å². The van der Waals surface area contributed by atoms with Gasteiger partial charge in [0.05, 0.1) is 12.2 Å². The van der Waals surface area contributed by atoms with Crippen LogP contribution >= 0.6 is 23.6 Å². The highest BCUT2D eigenvalue weighted by molar-refractivity contribution is 7.71. The highest BCUT2D eigenvalue weighted by Gasteiger charge is 2.28. The fourth-order valence-electron chi connectivity index (χ4n) is 2.97. The van der Waals surface area contributed by atoms with Crippen LogP contribution in [0.25, 0.3) is 0 Å². The fraction of sp³-hybridized carbons (Fsp3) is 0.412. The van der Waals surface area contributed by atoms with Crippen molar-refractivity contribution >= 4 is 40.7 Å². The number of rotatable bonds is 4. The van der Waals surface area contributed by atoms with Gasteiger partial charge in [-0.25, -0.2) is 9.79 Å². The van der Waals surface area contributed by atoms with Crippen molar-refractivity contribution in [3.8, 4) is 5.88 Å². The van der Waals surface area contributed by atoms with E-state index in [2.05, 4.69) is 21.9 Å². The van der Waals surface area contributed by atoms with Crippen LogP contribution in [0.5, 0.6) is 5.88 Å². The zero-order chi connectivity index (χ0) is 18.8. The largest absolute Gasteiger partial charge is 0.494 e. The predicted molar refractivity (Wildman–Crippen MR) is 103 cm³/mol. The van der Waals surface area contributed by atoms with Crippen molar-refractivity contribution < 1.29 is 14.6 Å². The van der Waals surface area contributed by atoms with Gasteiger partial charge < -0.3 is 14.8 Å². The molecule has 1 unspecified atom stereocenters. The second kappa shape index (κ2) is 7.55. The van der Waals surface area contributed by atoms with Gasteiger partial charge in [0.1, 0.15) is 10.6 Å². The van der Waals surface area contributed by atoms with E-state index in [1.165, 1.54) is 17.6 Å². The maximum Gasteiger partial charge on any atom is 0.341 e. The SMILES string of the molecule is CCOC(=O)c1c(/N=C/c2c(O)[nH]c(=S)[nH]c2=O)sc2c1CCC(C)C2. The van der Waals surface area contributed by atoms with Crippen LogP contribution in [-0.2, 0) is 17.6 Å². The lowest BCUT2D eigenvalue weighted by Crippen LogP contribution is -2.14. The third-order valence-corrected chi connectivity index (χ3v) is 5.61. The van der Waals surface area contributed by atoms with Crippen LogP contribution in [0.4, 0.5) is 5.00 Å². The highest BCUT2D eigenvalue weighted by Crippen LogP contribution is 2.41. The summed E-state index contributed by atoms with van der Waals surface area (Å²) in [5.41, 5.74) is 0.856. The quantitative estimate of drug-likeness (QED) is 0.420. The molecule has 0 spiro atoms. The number of aliphatic imine (C=N–C) groups is 1. The van der Waals surface area contributed by atoms with Gasteiger partial charge in [0.25, 0.3) is 5.56 Å². The Kier molecular flexibility index (Phi) is 5.38. The lowest BCUT2D eigenvalue weighted by atomic mass is 9.88. The second-order valence-electron chi connectivity index (χ2n) is 6.18. The third-order valence-electron chi connectivity index (χ3n) is 4.24. The number of nitrogens with zero attached hydrogens (tertiary/aromatic N) is 1. The number of fused-ring (bicyclic) bond motifs is 1. The van der Waals surface area contributed by atoms with Crippen LogP contribution in [0, 0.1) is 10.7 Å². The van der Waals surface area contributed by atoms with E-state index in [0.29, 0.717) is 16.5 Å². The Bertz CT molecular complexity index is 987. The number of ether oxygens (including phenoxy) is 1. The molecule has 7 nitrogen and oxygen atoms in total. The maximum absolute atomic E-state index is 12.4. The number of hydrogen-bond acceptors (Lipinski definition) is 7. The molecule has 9 heteroatoms. The predicted octanol–water partition coefficient (Wildman–Crippen LogP) is 3.25. The summed E-state index contributed by atoms with van der Waals surface area (Å²) >= 11 is 6.23. The summed E-state index contributed by atoms with van der Waals surface area (Å²) in [5.74, 6) is -0.221. The lowest BCUT2D eigenvalue weighted by Gasteiger charge is -2.18. The van der Waals surface area contributed by atoms with Crippen molar-refractivity contribution in [1.29, 1.82) is 0 Å². The minimum absolute atomic E-state index is 0.0254. The molecule has 3 N–H and O–H groups in total. The molecule has 0 amide bonds. The Labute approximate surface area is 158 Å². The Morgan fingerprint density at radius 3 is 2.96 bits per heavy atom. The summed E-state index contributed by atoms with van der Waals surface area (Å²) in [4.78, 5) is 34.7. The zero-order valence-corrected chi connectivity index (χ0v) is 16.1. The maximum atomic E-state index is 12.4. The zero-order valence-electron chi connectivity index (χ0n) is 14.4. The van der Waals surface area contributed by atoms with Crippen molar-refractivity contribution in [2.75, 3.05) is 6.61 Å². The average Bonchev–Trinajstić information content (AvgIpc) is 2.91. The molecule has 0 radical (unpaired) electrons. The lowest BCUT2D eigenvalue weighted by molar-refractivity contribution is 0.0526. The van der Waals surface area contributed by atoms with E-state index in [0.717, 1.165) is 29.7 Å². The normalized spacial score (nSPS) is 16.6. The number of aromatic hydroxyl groups is 1. The van der Waals surface area contributed by atoms with E-state index in [1.54, 1.807) is 6.92 Å². The first kappa shape index (κ1) is 18.5. The molecule has 26 heavy (non-hydrogen) atoms. The van der Waals surface area contributed by atoms with E-state index in [-0.39, 0.29) is 22.8 Å². The van der Waals surface area contributed by atoms with Crippen molar-refractivity contribution in [1.82, 2.24) is 9.97 Å². The van der Waals surface area contributed by atoms with Crippen LogP contribution in [0.15, 0.2) is 9.79 Å². The Morgan fingerprint density at radius 1 is 1.50 bits per heavy atom. The molecular weight excluding hydrogens is 374 g/mol. The Morgan fingerprint density at radius 2 is 2.27 bits per heavy atom. The molecule has 0 aromatic carbocycles. The highest BCUT2D eigenvalue weighted by atomic mass is 32.1. The van der Waals surface area contributed by atoms with Gasteiger partial charge in [-0.1, -0.05) is 6.92 Å². The van der Waals surface area contributed by atoms with Gasteiger partial charge in [0.2, 0.25) is 5.88 Å². The Hall–Kier alpha value is -2.26. The van der Waals surface area contributed by atoms with Crippen LogP contribution in [-0.4, -0.2) is 33.9 Å². The molecule has 0 bridgehead atoms. The molecule has 2 aromatic heterocycles. The number of nitrogens with one attached hydrogen (secondary N) is 2. The minimum atomic E-state index is -0.553. The van der Waals surface area contributed by atoms with E-state index < -0.39 is 11.5 Å². The molecule has 138 valence electrons. The molecule has 0 aliphatic heterocycles. The monoisotopic (exact) mass is 393 g/mol. The molecule has 2 aromatic rings. The van der Waals surface area contributed by atoms with Crippen molar-refractivity contribution in [3.63, 3.8) is 0 Å². The summed E-state index contributed by atoms with van der Waals surface area (Å²) in [6, 6.07) is 0. The molecular formula is C17H19N3O4S2. The first-order valence-electron chi connectivity index (χ1n) is 8.32. The molecule has 0 saturated carbocycles. The van der Waals surface area contributed by atoms with Gasteiger partial charge in [-0.15, -0.1) is 11.3 Å². The van der Waals surface area contributed by atoms with Gasteiger partial charge in [-0.3, -0.25) is 9.78 Å². The first-order valence-corrected chi connectivity index (χ1v) is 9.54. The fourth-order valence-corrected chi connectivity index (χ4v) is 4.50. The number of hydrogen-bond donors (Lipinski definition) is 3. The summed E-state index contributed by atoms with van der Waals surface area (Å²) in [7, 11) is 0. The Balaban J connectivity index is 2.06. The summed E-state index contributed by atoms with van der Waals surface area (Å²) in [5, 5.41) is 10.4. The van der Waals surface area contributed by atoms with E-state index in [1.807, 2.05) is 0 Å². The number of carbonyl (C=O) groups is 1. The minimum Gasteiger partial charge on any atom is -0.494 e. The van der Waals surface area contributed by atoms with Gasteiger partial charge in [0, 0.05) is 11.1 Å². The standard InChI is InChI=1S/C17H19N3O4S2/c1-3-24-16(23)12-9-5-4-8(2)6-11(9)26-15(12)18-7-10-13(21)19-17(25)20-14(10)22/h7-8H,3-6H2,1-2H3,(H3,19,20,21,22,25)/b18-7+. The number of H-pyrrole nitrogens is 2. The number of thiophene rings is 1. The molecule has 0 saturated heterocycles. The van der Waals surface area contributed by atoms with Crippen molar-refractivity contribution in [2.45, 2.75) is 33.1 Å². The molecule has 1 aliphatic rings. The van der Waals surface area contributed by atoms with Crippen LogP contribution in [0.1, 0.15) is 46.6 Å². The number of aromatic nitrogens is 2. The van der Waals surface area contributed by atoms with Gasteiger partial charge in [-0.05, 0) is 49.9 Å². The van der Waals surface area contributed by atoms with E-state index >= 15 is 0 Å². The van der Waals surface area contributed by atoms with Crippen molar-refractivity contribution in [3.05, 3.63) is 36.7 Å². The molecule has 0 fully saturated rings. The molecule has 3 rings (SSSR count). The number of aromatic amines is 2. The van der Waals surface area contributed by atoms with Crippen molar-refractivity contribution in [2.24, 2.45) is 10.9 Å². The van der Waals surface area contributed by atoms with Crippen LogP contribution < -0.4 is 5.56 Å². The summed E-state index contributed by atoms with van der Waals surface area (Å²) in [6.45, 7) is 4.21. The van der Waals surface area contributed by atoms with E-state index in [4.69, 9.17) is 17.0 Å². The molecule has 1 atom stereocenters. The smallest absolute Gasteiger partial charge is 0.341 e. The average molecular weight is 393 g/mol. The third kappa shape index (κ3) is 3.63. The molecule has 1 aliphatic carbocycles. The van der Waals surface area contributed by atoms with Crippen LogP contribution in [0.2, 0.25) is 0 Å². The first-order chi connectivity index (χ1) is 12.4. The molecule has 2 heterocycles. The van der Waals surface area contributed by atoms with Gasteiger partial charge in [0.15, 0.2) is 4.77 Å².